The van der Waals surface area contributed by atoms with E-state index in [1.54, 1.807) is 20.8 Å². The van der Waals surface area contributed by atoms with Gasteiger partial charge in [-0.15, -0.1) is 0 Å². The lowest BCUT2D eigenvalue weighted by molar-refractivity contribution is 0.0986. The van der Waals surface area contributed by atoms with Gasteiger partial charge in [0.2, 0.25) is 0 Å². The third-order valence-electron chi connectivity index (χ3n) is 2.42. The maximum absolute atomic E-state index is 13.3. The van der Waals surface area contributed by atoms with Crippen molar-refractivity contribution in [3.05, 3.63) is 28.6 Å². The smallest absolute Gasteiger partial charge is 0.163 e. The minimum atomic E-state index is -0.412. The molecule has 0 atom stereocenters. The molecule has 0 radical (unpaired) electrons. The highest BCUT2D eigenvalue weighted by Gasteiger charge is 2.15. The quantitative estimate of drug-likeness (QED) is 0.582. The standard InChI is InChI=1S/C11H14FNO/c1-4-10(14)11-6(2)8(12)5-9(13)7(11)3/h5H,4,13H2,1-3H3. The van der Waals surface area contributed by atoms with E-state index in [1.165, 1.54) is 6.07 Å². The van der Waals surface area contributed by atoms with Gasteiger partial charge in [0.05, 0.1) is 0 Å². The molecule has 0 fully saturated rings. The number of rotatable bonds is 2. The monoisotopic (exact) mass is 195 g/mol. The van der Waals surface area contributed by atoms with Crippen molar-refractivity contribution in [3.63, 3.8) is 0 Å². The first kappa shape index (κ1) is 10.7. The fourth-order valence-corrected chi connectivity index (χ4v) is 1.49. The molecular formula is C11H14FNO. The molecule has 0 heterocycles. The van der Waals surface area contributed by atoms with Crippen LogP contribution in [0, 0.1) is 19.7 Å². The van der Waals surface area contributed by atoms with Crippen molar-refractivity contribution < 1.29 is 9.18 Å². The maximum atomic E-state index is 13.3. The van der Waals surface area contributed by atoms with Crippen LogP contribution in [0.2, 0.25) is 0 Å². The average molecular weight is 195 g/mol. The molecule has 0 aliphatic carbocycles. The van der Waals surface area contributed by atoms with Gasteiger partial charge >= 0.3 is 0 Å². The molecular weight excluding hydrogens is 181 g/mol. The molecule has 2 N–H and O–H groups in total. The number of anilines is 1. The number of ketones is 1. The van der Waals surface area contributed by atoms with Crippen LogP contribution in [0.25, 0.3) is 0 Å². The maximum Gasteiger partial charge on any atom is 0.163 e. The molecule has 1 rings (SSSR count). The summed E-state index contributed by atoms with van der Waals surface area (Å²) >= 11 is 0. The summed E-state index contributed by atoms with van der Waals surface area (Å²) in [5, 5.41) is 0. The van der Waals surface area contributed by atoms with E-state index in [0.29, 0.717) is 28.8 Å². The van der Waals surface area contributed by atoms with Crippen LogP contribution in [0.3, 0.4) is 0 Å². The van der Waals surface area contributed by atoms with Crippen molar-refractivity contribution >= 4 is 11.5 Å². The van der Waals surface area contributed by atoms with Crippen molar-refractivity contribution in [2.75, 3.05) is 5.73 Å². The van der Waals surface area contributed by atoms with E-state index in [4.69, 9.17) is 5.73 Å². The van der Waals surface area contributed by atoms with Crippen LogP contribution in [0.5, 0.6) is 0 Å². The van der Waals surface area contributed by atoms with E-state index < -0.39 is 5.82 Å². The summed E-state index contributed by atoms with van der Waals surface area (Å²) in [4.78, 5) is 11.5. The highest BCUT2D eigenvalue weighted by atomic mass is 19.1. The number of halogens is 1. The number of carbonyl (C=O) groups excluding carboxylic acids is 1. The van der Waals surface area contributed by atoms with Gasteiger partial charge in [-0.1, -0.05) is 6.92 Å². The molecule has 0 aliphatic rings. The number of nitrogens with two attached hydrogens (primary N) is 1. The summed E-state index contributed by atoms with van der Waals surface area (Å²) in [6.07, 6.45) is 0.366. The van der Waals surface area contributed by atoms with Crippen LogP contribution in [-0.4, -0.2) is 5.78 Å². The van der Waals surface area contributed by atoms with Crippen LogP contribution < -0.4 is 5.73 Å². The molecule has 0 unspecified atom stereocenters. The second-order valence-electron chi connectivity index (χ2n) is 3.35. The lowest BCUT2D eigenvalue weighted by Gasteiger charge is -2.11. The van der Waals surface area contributed by atoms with Crippen LogP contribution in [0.15, 0.2) is 6.07 Å². The van der Waals surface area contributed by atoms with Crippen molar-refractivity contribution in [2.45, 2.75) is 27.2 Å². The average Bonchev–Trinajstić information content (AvgIpc) is 2.15. The van der Waals surface area contributed by atoms with Crippen molar-refractivity contribution in [3.8, 4) is 0 Å². The van der Waals surface area contributed by atoms with Gasteiger partial charge in [-0.25, -0.2) is 4.39 Å². The number of hydrogen-bond acceptors (Lipinski definition) is 2. The highest BCUT2D eigenvalue weighted by Crippen LogP contribution is 2.24. The Balaban J connectivity index is 3.47. The zero-order chi connectivity index (χ0) is 10.9. The van der Waals surface area contributed by atoms with Gasteiger partial charge < -0.3 is 5.73 Å². The zero-order valence-corrected chi connectivity index (χ0v) is 8.65. The van der Waals surface area contributed by atoms with E-state index in [9.17, 15) is 9.18 Å². The van der Waals surface area contributed by atoms with Gasteiger partial charge in [0.15, 0.2) is 5.78 Å². The molecule has 0 spiro atoms. The molecule has 76 valence electrons. The fourth-order valence-electron chi connectivity index (χ4n) is 1.49. The van der Waals surface area contributed by atoms with E-state index in [1.807, 2.05) is 0 Å². The van der Waals surface area contributed by atoms with Gasteiger partial charge in [-0.2, -0.15) is 0 Å². The summed E-state index contributed by atoms with van der Waals surface area (Å²) in [5.74, 6) is -0.476. The Morgan fingerprint density at radius 1 is 1.43 bits per heavy atom. The molecule has 0 aliphatic heterocycles. The first-order valence-corrected chi connectivity index (χ1v) is 4.57. The molecule has 1 aromatic rings. The number of benzene rings is 1. The van der Waals surface area contributed by atoms with Gasteiger partial charge in [0, 0.05) is 17.7 Å². The lowest BCUT2D eigenvalue weighted by Crippen LogP contribution is -2.07. The van der Waals surface area contributed by atoms with Crippen LogP contribution in [-0.2, 0) is 0 Å². The molecule has 0 amide bonds. The lowest BCUT2D eigenvalue weighted by atomic mass is 9.96. The predicted molar refractivity (Wildman–Crippen MR) is 54.9 cm³/mol. The molecule has 14 heavy (non-hydrogen) atoms. The number of Topliss-reactive ketones (excluding diaryl/α,β-unsaturated/α-hetero) is 1. The topological polar surface area (TPSA) is 43.1 Å². The van der Waals surface area contributed by atoms with E-state index in [2.05, 4.69) is 0 Å². The Kier molecular flexibility index (Phi) is 2.89. The number of hydrogen-bond donors (Lipinski definition) is 1. The molecule has 0 saturated heterocycles. The van der Waals surface area contributed by atoms with Crippen molar-refractivity contribution in [1.29, 1.82) is 0 Å². The summed E-state index contributed by atoms with van der Waals surface area (Å²) < 4.78 is 13.3. The summed E-state index contributed by atoms with van der Waals surface area (Å²) in [6, 6.07) is 1.26. The van der Waals surface area contributed by atoms with Crippen molar-refractivity contribution in [2.24, 2.45) is 0 Å². The van der Waals surface area contributed by atoms with Crippen LogP contribution in [0.4, 0.5) is 10.1 Å². The zero-order valence-electron chi connectivity index (χ0n) is 8.65. The third-order valence-corrected chi connectivity index (χ3v) is 2.42. The predicted octanol–water partition coefficient (Wildman–Crippen LogP) is 2.62. The molecule has 0 saturated carbocycles. The van der Waals surface area contributed by atoms with E-state index >= 15 is 0 Å². The first-order chi connectivity index (χ1) is 6.49. The minimum absolute atomic E-state index is 0.0637. The van der Waals surface area contributed by atoms with Crippen molar-refractivity contribution in [1.82, 2.24) is 0 Å². The molecule has 0 bridgehead atoms. The first-order valence-electron chi connectivity index (χ1n) is 4.57. The Bertz CT molecular complexity index is 359. The largest absolute Gasteiger partial charge is 0.398 e. The van der Waals surface area contributed by atoms with Gasteiger partial charge in [-0.05, 0) is 31.0 Å². The normalized spacial score (nSPS) is 10.3. The van der Waals surface area contributed by atoms with Gasteiger partial charge in [-0.3, -0.25) is 4.79 Å². The molecule has 1 aromatic carbocycles. The number of nitrogen functional groups attached to an aromatic ring is 1. The SMILES string of the molecule is CCC(=O)c1c(C)c(N)cc(F)c1C. The Hall–Kier alpha value is -1.38. The third kappa shape index (κ3) is 1.62. The Labute approximate surface area is 82.9 Å². The second kappa shape index (κ2) is 3.78. The fraction of sp³-hybridized carbons (Fsp3) is 0.364. The van der Waals surface area contributed by atoms with Gasteiger partial charge in [0.1, 0.15) is 5.82 Å². The summed E-state index contributed by atoms with van der Waals surface area (Å²) in [6.45, 7) is 5.09. The number of carbonyl (C=O) groups is 1. The summed E-state index contributed by atoms with van der Waals surface area (Å²) in [5.41, 5.74) is 7.43. The molecule has 0 aromatic heterocycles. The van der Waals surface area contributed by atoms with Gasteiger partial charge in [0.25, 0.3) is 0 Å². The van der Waals surface area contributed by atoms with Crippen LogP contribution in [0.1, 0.15) is 34.8 Å². The molecule has 2 nitrogen and oxygen atoms in total. The summed E-state index contributed by atoms with van der Waals surface area (Å²) in [7, 11) is 0. The van der Waals surface area contributed by atoms with E-state index in [0.717, 1.165) is 0 Å². The highest BCUT2D eigenvalue weighted by molar-refractivity contribution is 5.99. The van der Waals surface area contributed by atoms with Crippen LogP contribution >= 0.6 is 0 Å². The van der Waals surface area contributed by atoms with E-state index in [-0.39, 0.29) is 5.78 Å². The molecule has 3 heteroatoms. The Morgan fingerprint density at radius 3 is 2.50 bits per heavy atom. The Morgan fingerprint density at radius 2 is 2.00 bits per heavy atom. The minimum Gasteiger partial charge on any atom is -0.398 e. The second-order valence-corrected chi connectivity index (χ2v) is 3.35.